The number of amidine groups is 1. The van der Waals surface area contributed by atoms with Gasteiger partial charge in [-0.05, 0) is 31.4 Å². The van der Waals surface area contributed by atoms with E-state index in [0.717, 1.165) is 42.9 Å². The molecular formula is C20H22BrN3O3. The molecule has 1 aliphatic heterocycles. The molecule has 0 aromatic heterocycles. The second-order valence-corrected chi connectivity index (χ2v) is 6.36. The molecule has 0 amide bonds. The molecule has 0 unspecified atom stereocenters. The zero-order valence-electron chi connectivity index (χ0n) is 15.1. The van der Waals surface area contributed by atoms with Gasteiger partial charge in [0.05, 0.1) is 11.5 Å². The summed E-state index contributed by atoms with van der Waals surface area (Å²) < 4.78 is 0. The molecule has 27 heavy (non-hydrogen) atoms. The van der Waals surface area contributed by atoms with Crippen LogP contribution in [0.3, 0.4) is 0 Å². The molecule has 0 spiro atoms. The number of hydrogen-bond acceptors (Lipinski definition) is 5. The Kier molecular flexibility index (Phi) is 7.24. The Morgan fingerprint density at radius 2 is 1.96 bits per heavy atom. The topological polar surface area (TPSA) is 75.8 Å². The van der Waals surface area contributed by atoms with Gasteiger partial charge in [0, 0.05) is 36.3 Å². The van der Waals surface area contributed by atoms with E-state index < -0.39 is 4.92 Å². The number of halogens is 1. The smallest absolute Gasteiger partial charge is 0.270 e. The Labute approximate surface area is 168 Å². The van der Waals surface area contributed by atoms with Crippen LogP contribution in [0.1, 0.15) is 35.2 Å². The van der Waals surface area contributed by atoms with Crippen LogP contribution in [0.4, 0.5) is 11.4 Å². The first-order valence-corrected chi connectivity index (χ1v) is 8.70. The van der Waals surface area contributed by atoms with Gasteiger partial charge < -0.3 is 4.90 Å². The summed E-state index contributed by atoms with van der Waals surface area (Å²) in [7, 11) is 0. The molecule has 0 bridgehead atoms. The van der Waals surface area contributed by atoms with Gasteiger partial charge in [-0.25, -0.2) is 0 Å². The number of para-hydroxylation sites is 1. The van der Waals surface area contributed by atoms with Crippen LogP contribution in [0.2, 0.25) is 0 Å². The number of nitro benzene ring substituents is 1. The van der Waals surface area contributed by atoms with Gasteiger partial charge in [0.25, 0.3) is 5.69 Å². The van der Waals surface area contributed by atoms with Crippen LogP contribution < -0.4 is 4.90 Å². The Hall–Kier alpha value is -2.54. The monoisotopic (exact) mass is 431 g/mol. The first-order valence-electron chi connectivity index (χ1n) is 8.70. The van der Waals surface area contributed by atoms with E-state index in [4.69, 9.17) is 0 Å². The normalized spacial score (nSPS) is 13.3. The Bertz CT molecular complexity index is 867. The molecule has 0 atom stereocenters. The summed E-state index contributed by atoms with van der Waals surface area (Å²) in [6.45, 7) is 2.89. The van der Waals surface area contributed by atoms with Crippen LogP contribution in [0.5, 0.6) is 0 Å². The second kappa shape index (κ2) is 9.41. The number of Topliss-reactive ketones (excluding diaryl/α,β-unsaturated/α-hetero) is 1. The Morgan fingerprint density at radius 3 is 2.63 bits per heavy atom. The number of aliphatic imine (C=N–C) groups is 1. The molecule has 1 heterocycles. The summed E-state index contributed by atoms with van der Waals surface area (Å²) in [6.07, 6.45) is 2.94. The van der Waals surface area contributed by atoms with Crippen molar-refractivity contribution in [3.63, 3.8) is 0 Å². The summed E-state index contributed by atoms with van der Waals surface area (Å²) >= 11 is 0. The summed E-state index contributed by atoms with van der Waals surface area (Å²) in [4.78, 5) is 29.9. The zero-order valence-corrected chi connectivity index (χ0v) is 16.8. The predicted octanol–water partition coefficient (Wildman–Crippen LogP) is 4.75. The average Bonchev–Trinajstić information content (AvgIpc) is 2.67. The first kappa shape index (κ1) is 20.8. The fourth-order valence-corrected chi connectivity index (χ4v) is 3.11. The molecule has 0 saturated carbocycles. The molecule has 0 N–H and O–H groups in total. The molecule has 1 aliphatic rings. The Morgan fingerprint density at radius 1 is 1.19 bits per heavy atom. The van der Waals surface area contributed by atoms with Crippen molar-refractivity contribution >= 4 is 40.0 Å². The summed E-state index contributed by atoms with van der Waals surface area (Å²) in [5.41, 5.74) is 2.28. The second-order valence-electron chi connectivity index (χ2n) is 6.36. The number of hydrogen-bond donors (Lipinski definition) is 0. The molecule has 3 rings (SSSR count). The summed E-state index contributed by atoms with van der Waals surface area (Å²) in [6, 6.07) is 13.8. The molecular weight excluding hydrogens is 410 g/mol. The van der Waals surface area contributed by atoms with Crippen LogP contribution in [-0.4, -0.2) is 29.6 Å². The highest BCUT2D eigenvalue weighted by Crippen LogP contribution is 2.24. The number of nitrogens with zero attached hydrogens (tertiary/aromatic N) is 3. The molecule has 6 nitrogen and oxygen atoms in total. The lowest BCUT2D eigenvalue weighted by molar-refractivity contribution is -0.384. The number of anilines is 1. The highest BCUT2D eigenvalue weighted by Gasteiger charge is 2.22. The number of carbonyl (C=O) groups is 1. The number of carbonyl (C=O) groups excluding carboxylic acids is 1. The van der Waals surface area contributed by atoms with Gasteiger partial charge in [-0.15, -0.1) is 17.0 Å². The largest absolute Gasteiger partial charge is 0.322 e. The molecule has 2 aromatic rings. The number of nitro groups is 1. The fourth-order valence-electron chi connectivity index (χ4n) is 3.11. The van der Waals surface area contributed by atoms with Crippen molar-refractivity contribution in [1.82, 2.24) is 0 Å². The highest BCUT2D eigenvalue weighted by atomic mass is 79.9. The molecule has 0 saturated heterocycles. The molecule has 2 aromatic carbocycles. The van der Waals surface area contributed by atoms with E-state index in [9.17, 15) is 14.9 Å². The van der Waals surface area contributed by atoms with Crippen molar-refractivity contribution in [2.75, 3.05) is 18.0 Å². The van der Waals surface area contributed by atoms with Crippen molar-refractivity contribution in [2.45, 2.75) is 26.2 Å². The van der Waals surface area contributed by atoms with E-state index in [1.165, 1.54) is 12.1 Å². The van der Waals surface area contributed by atoms with Crippen molar-refractivity contribution in [3.8, 4) is 0 Å². The third-order valence-electron chi connectivity index (χ3n) is 4.50. The minimum Gasteiger partial charge on any atom is -0.322 e. The maximum absolute atomic E-state index is 12.8. The van der Waals surface area contributed by atoms with Crippen molar-refractivity contribution in [3.05, 3.63) is 69.8 Å². The number of benzene rings is 2. The zero-order chi connectivity index (χ0) is 18.5. The molecule has 7 heteroatoms. The lowest BCUT2D eigenvalue weighted by Gasteiger charge is -2.29. The van der Waals surface area contributed by atoms with Crippen LogP contribution in [-0.2, 0) is 0 Å². The predicted molar refractivity (Wildman–Crippen MR) is 112 cm³/mol. The van der Waals surface area contributed by atoms with E-state index in [1.54, 1.807) is 12.1 Å². The van der Waals surface area contributed by atoms with E-state index >= 15 is 0 Å². The number of non-ortho nitro benzene ring substituents is 1. The molecule has 0 aliphatic carbocycles. The van der Waals surface area contributed by atoms with Gasteiger partial charge in [-0.2, -0.15) is 0 Å². The van der Waals surface area contributed by atoms with E-state index in [2.05, 4.69) is 4.99 Å². The van der Waals surface area contributed by atoms with Crippen LogP contribution in [0.15, 0.2) is 53.5 Å². The standard InChI is InChI=1S/C20H21N3O3.BrH/c1-15-7-2-3-10-18(15)22(20-11-4-5-12-21-20)14-19(24)16-8-6-9-17(13-16)23(25)26;/h2-3,6-10,13H,4-5,11-12,14H2,1H3;1H. The highest BCUT2D eigenvalue weighted by molar-refractivity contribution is 8.93. The van der Waals surface area contributed by atoms with Gasteiger partial charge in [0.15, 0.2) is 5.78 Å². The molecule has 0 fully saturated rings. The minimum absolute atomic E-state index is 0. The minimum atomic E-state index is -0.485. The number of aryl methyl sites for hydroxylation is 1. The van der Waals surface area contributed by atoms with Crippen LogP contribution in [0.25, 0.3) is 0 Å². The maximum Gasteiger partial charge on any atom is 0.270 e. The number of rotatable bonds is 5. The number of ketones is 1. The van der Waals surface area contributed by atoms with E-state index in [-0.39, 0.29) is 35.0 Å². The van der Waals surface area contributed by atoms with Crippen molar-refractivity contribution < 1.29 is 9.72 Å². The summed E-state index contributed by atoms with van der Waals surface area (Å²) in [5.74, 6) is 0.745. The summed E-state index contributed by atoms with van der Waals surface area (Å²) in [5, 5.41) is 11.0. The van der Waals surface area contributed by atoms with Gasteiger partial charge in [-0.3, -0.25) is 19.9 Å². The van der Waals surface area contributed by atoms with E-state index in [0.29, 0.717) is 5.56 Å². The fraction of sp³-hybridized carbons (Fsp3) is 0.300. The van der Waals surface area contributed by atoms with Gasteiger partial charge >= 0.3 is 0 Å². The lowest BCUT2D eigenvalue weighted by Crippen LogP contribution is -2.37. The maximum atomic E-state index is 12.8. The van der Waals surface area contributed by atoms with Gasteiger partial charge in [0.1, 0.15) is 5.84 Å². The van der Waals surface area contributed by atoms with Crippen LogP contribution in [0, 0.1) is 17.0 Å². The average molecular weight is 432 g/mol. The van der Waals surface area contributed by atoms with Gasteiger partial charge in [0.2, 0.25) is 0 Å². The third-order valence-corrected chi connectivity index (χ3v) is 4.50. The van der Waals surface area contributed by atoms with Crippen molar-refractivity contribution in [2.24, 2.45) is 4.99 Å². The third kappa shape index (κ3) is 5.01. The first-order chi connectivity index (χ1) is 12.6. The van der Waals surface area contributed by atoms with Crippen molar-refractivity contribution in [1.29, 1.82) is 0 Å². The molecule has 0 radical (unpaired) electrons. The Balaban J connectivity index is 0.00000261. The lowest BCUT2D eigenvalue weighted by atomic mass is 10.1. The SMILES string of the molecule is Br.Cc1ccccc1N(CC(=O)c1cccc([N+](=O)[O-])c1)C1=NCCCC1. The van der Waals surface area contributed by atoms with Gasteiger partial charge in [-0.1, -0.05) is 30.3 Å². The molecule has 142 valence electrons. The van der Waals surface area contributed by atoms with Crippen LogP contribution >= 0.6 is 17.0 Å². The van der Waals surface area contributed by atoms with E-state index in [1.807, 2.05) is 36.1 Å². The quantitative estimate of drug-likeness (QED) is 0.388.